The van der Waals surface area contributed by atoms with Crippen LogP contribution in [-0.2, 0) is 4.79 Å². The molecule has 26 heavy (non-hydrogen) atoms. The lowest BCUT2D eigenvalue weighted by atomic mass is 9.94. The molecule has 0 unspecified atom stereocenters. The highest BCUT2D eigenvalue weighted by atomic mass is 35.5. The smallest absolute Gasteiger partial charge is 0.277 e. The third-order valence-corrected chi connectivity index (χ3v) is 6.07. The maximum Gasteiger partial charge on any atom is 0.277 e. The first kappa shape index (κ1) is 17.9. The van der Waals surface area contributed by atoms with E-state index in [1.54, 1.807) is 12.1 Å². The minimum Gasteiger partial charge on any atom is -0.411 e. The third kappa shape index (κ3) is 4.23. The van der Waals surface area contributed by atoms with E-state index in [4.69, 9.17) is 16.0 Å². The molecule has 1 aromatic heterocycles. The van der Waals surface area contributed by atoms with Gasteiger partial charge in [-0.3, -0.25) is 4.79 Å². The van der Waals surface area contributed by atoms with Crippen molar-refractivity contribution in [1.29, 1.82) is 0 Å². The first-order valence-corrected chi connectivity index (χ1v) is 10.6. The lowest BCUT2D eigenvalue weighted by Crippen LogP contribution is -2.43. The molecule has 138 valence electrons. The average molecular weight is 392 g/mol. The Balaban J connectivity index is 1.37. The Hall–Kier alpha value is -1.53. The highest BCUT2D eigenvalue weighted by molar-refractivity contribution is 7.99. The zero-order valence-electron chi connectivity index (χ0n) is 14.6. The maximum absolute atomic E-state index is 12.8. The number of thioether (sulfide) groups is 1. The van der Waals surface area contributed by atoms with E-state index in [0.717, 1.165) is 31.2 Å². The van der Waals surface area contributed by atoms with E-state index in [1.165, 1.54) is 31.0 Å². The molecule has 0 N–H and O–H groups in total. The van der Waals surface area contributed by atoms with Gasteiger partial charge in [-0.15, -0.1) is 10.2 Å². The SMILES string of the molecule is O=C(CSc1nnc(-c2ccc(Cl)cc2)o1)N(C1CCCCC1)C1CC1. The van der Waals surface area contributed by atoms with Crippen molar-refractivity contribution < 1.29 is 9.21 Å². The highest BCUT2D eigenvalue weighted by Gasteiger charge is 2.37. The topological polar surface area (TPSA) is 59.2 Å². The van der Waals surface area contributed by atoms with Crippen LogP contribution in [-0.4, -0.2) is 38.8 Å². The second-order valence-electron chi connectivity index (χ2n) is 6.99. The molecule has 2 aliphatic rings. The third-order valence-electron chi connectivity index (χ3n) is 5.01. The Kier molecular flexibility index (Phi) is 5.50. The molecule has 7 heteroatoms. The second kappa shape index (κ2) is 8.01. The van der Waals surface area contributed by atoms with Crippen LogP contribution in [0.25, 0.3) is 11.5 Å². The Bertz CT molecular complexity index is 754. The number of nitrogens with zero attached hydrogens (tertiary/aromatic N) is 3. The van der Waals surface area contributed by atoms with Gasteiger partial charge in [0.15, 0.2) is 0 Å². The van der Waals surface area contributed by atoms with Crippen LogP contribution in [0.5, 0.6) is 0 Å². The summed E-state index contributed by atoms with van der Waals surface area (Å²) in [7, 11) is 0. The summed E-state index contributed by atoms with van der Waals surface area (Å²) < 4.78 is 5.69. The first-order valence-electron chi connectivity index (χ1n) is 9.24. The molecule has 5 nitrogen and oxygen atoms in total. The van der Waals surface area contributed by atoms with Crippen molar-refractivity contribution in [3.8, 4) is 11.5 Å². The first-order chi connectivity index (χ1) is 12.7. The molecule has 1 amide bonds. The van der Waals surface area contributed by atoms with Crippen molar-refractivity contribution in [3.05, 3.63) is 29.3 Å². The monoisotopic (exact) mass is 391 g/mol. The highest BCUT2D eigenvalue weighted by Crippen LogP contribution is 2.34. The van der Waals surface area contributed by atoms with E-state index < -0.39 is 0 Å². The van der Waals surface area contributed by atoms with Gasteiger partial charge in [-0.1, -0.05) is 42.6 Å². The molecule has 0 saturated heterocycles. The van der Waals surface area contributed by atoms with Crippen molar-refractivity contribution in [2.45, 2.75) is 62.3 Å². The van der Waals surface area contributed by atoms with Crippen molar-refractivity contribution in [3.63, 3.8) is 0 Å². The van der Waals surface area contributed by atoms with Gasteiger partial charge in [0.25, 0.3) is 5.22 Å². The Morgan fingerprint density at radius 3 is 2.46 bits per heavy atom. The van der Waals surface area contributed by atoms with Gasteiger partial charge >= 0.3 is 0 Å². The Morgan fingerprint density at radius 1 is 1.08 bits per heavy atom. The number of amides is 1. The van der Waals surface area contributed by atoms with Crippen LogP contribution in [0.3, 0.4) is 0 Å². The number of rotatable bonds is 6. The summed E-state index contributed by atoms with van der Waals surface area (Å²) in [5.41, 5.74) is 0.821. The fourth-order valence-electron chi connectivity index (χ4n) is 3.59. The fourth-order valence-corrected chi connectivity index (χ4v) is 4.35. The standard InChI is InChI=1S/C19H22ClN3O2S/c20-14-8-6-13(7-9-14)18-21-22-19(25-18)26-12-17(24)23(16-10-11-16)15-4-2-1-3-5-15/h6-9,15-16H,1-5,10-12H2. The van der Waals surface area contributed by atoms with Gasteiger partial charge in [-0.2, -0.15) is 0 Å². The number of benzene rings is 1. The van der Waals surface area contributed by atoms with Gasteiger partial charge in [0.05, 0.1) is 5.75 Å². The predicted molar refractivity (Wildman–Crippen MR) is 102 cm³/mol. The van der Waals surface area contributed by atoms with Crippen molar-refractivity contribution in [2.24, 2.45) is 0 Å². The molecular weight excluding hydrogens is 370 g/mol. The largest absolute Gasteiger partial charge is 0.411 e. The zero-order valence-corrected chi connectivity index (χ0v) is 16.1. The van der Waals surface area contributed by atoms with E-state index in [-0.39, 0.29) is 5.91 Å². The van der Waals surface area contributed by atoms with E-state index in [0.29, 0.717) is 34.0 Å². The molecule has 2 fully saturated rings. The van der Waals surface area contributed by atoms with E-state index in [9.17, 15) is 4.79 Å². The second-order valence-corrected chi connectivity index (χ2v) is 8.36. The molecule has 0 aliphatic heterocycles. The Labute approximate surface area is 162 Å². The minimum absolute atomic E-state index is 0.204. The maximum atomic E-state index is 12.8. The minimum atomic E-state index is 0.204. The number of hydrogen-bond acceptors (Lipinski definition) is 5. The molecule has 2 saturated carbocycles. The van der Waals surface area contributed by atoms with Crippen molar-refractivity contribution in [2.75, 3.05) is 5.75 Å². The van der Waals surface area contributed by atoms with Crippen LogP contribution >= 0.6 is 23.4 Å². The van der Waals surface area contributed by atoms with Gasteiger partial charge in [-0.25, -0.2) is 0 Å². The van der Waals surface area contributed by atoms with E-state index in [1.807, 2.05) is 12.1 Å². The van der Waals surface area contributed by atoms with Crippen LogP contribution in [0.4, 0.5) is 0 Å². The van der Waals surface area contributed by atoms with Crippen LogP contribution in [0.15, 0.2) is 33.9 Å². The van der Waals surface area contributed by atoms with Crippen molar-refractivity contribution >= 4 is 29.3 Å². The normalized spacial score (nSPS) is 18.0. The summed E-state index contributed by atoms with van der Waals surface area (Å²) in [4.78, 5) is 15.0. The quantitative estimate of drug-likeness (QED) is 0.661. The van der Waals surface area contributed by atoms with Crippen LogP contribution in [0.2, 0.25) is 5.02 Å². The number of hydrogen-bond donors (Lipinski definition) is 0. The predicted octanol–water partition coefficient (Wildman–Crippen LogP) is 4.81. The summed E-state index contributed by atoms with van der Waals surface area (Å²) in [6.07, 6.45) is 8.36. The molecular formula is C19H22ClN3O2S. The molecule has 0 bridgehead atoms. The number of aromatic nitrogens is 2. The fraction of sp³-hybridized carbons (Fsp3) is 0.526. The molecule has 1 aromatic carbocycles. The van der Waals surface area contributed by atoms with Gasteiger partial charge in [0, 0.05) is 22.7 Å². The van der Waals surface area contributed by atoms with Crippen LogP contribution in [0, 0.1) is 0 Å². The lowest BCUT2D eigenvalue weighted by molar-refractivity contribution is -0.132. The molecule has 2 aromatic rings. The van der Waals surface area contributed by atoms with E-state index >= 15 is 0 Å². The van der Waals surface area contributed by atoms with Crippen LogP contribution in [0.1, 0.15) is 44.9 Å². The van der Waals surface area contributed by atoms with Gasteiger partial charge in [0.2, 0.25) is 11.8 Å². The molecule has 0 atom stereocenters. The van der Waals surface area contributed by atoms with Gasteiger partial charge < -0.3 is 9.32 Å². The van der Waals surface area contributed by atoms with Gasteiger partial charge in [0.1, 0.15) is 0 Å². The molecule has 4 rings (SSSR count). The Morgan fingerprint density at radius 2 is 1.77 bits per heavy atom. The molecule has 0 spiro atoms. The summed E-state index contributed by atoms with van der Waals surface area (Å²) in [6, 6.07) is 8.14. The number of carbonyl (C=O) groups excluding carboxylic acids is 1. The number of halogens is 1. The van der Waals surface area contributed by atoms with Crippen molar-refractivity contribution in [1.82, 2.24) is 15.1 Å². The van der Waals surface area contributed by atoms with Crippen LogP contribution < -0.4 is 0 Å². The molecule has 2 aliphatic carbocycles. The lowest BCUT2D eigenvalue weighted by Gasteiger charge is -2.34. The summed E-state index contributed by atoms with van der Waals surface area (Å²) in [6.45, 7) is 0. The van der Waals surface area contributed by atoms with Gasteiger partial charge in [-0.05, 0) is 49.9 Å². The molecule has 0 radical (unpaired) electrons. The van der Waals surface area contributed by atoms with E-state index in [2.05, 4.69) is 15.1 Å². The average Bonchev–Trinajstić information content (AvgIpc) is 3.38. The summed E-state index contributed by atoms with van der Waals surface area (Å²) in [5, 5.41) is 9.23. The molecule has 1 heterocycles. The summed E-state index contributed by atoms with van der Waals surface area (Å²) >= 11 is 7.23. The zero-order chi connectivity index (χ0) is 17.9. The summed E-state index contributed by atoms with van der Waals surface area (Å²) in [5.74, 6) is 1.01. The number of carbonyl (C=O) groups is 1.